The van der Waals surface area contributed by atoms with Gasteiger partial charge in [-0.3, -0.25) is 0 Å². The van der Waals surface area contributed by atoms with Crippen molar-refractivity contribution in [3.8, 4) is 0 Å². The molecule has 59 heavy (non-hydrogen) atoms. The Bertz CT molecular complexity index is 1640. The fourth-order valence-corrected chi connectivity index (χ4v) is 10.2. The van der Waals surface area contributed by atoms with Crippen molar-refractivity contribution >= 4 is 0 Å². The highest BCUT2D eigenvalue weighted by molar-refractivity contribution is 5.35. The monoisotopic (exact) mass is 799 g/mol. The lowest BCUT2D eigenvalue weighted by Crippen LogP contribution is -2.16. The molecule has 4 rings (SSSR count). The Balaban J connectivity index is 1.40. The van der Waals surface area contributed by atoms with E-state index in [0.717, 1.165) is 56.5 Å². The molecule has 1 nitrogen and oxygen atoms in total. The second-order valence-corrected chi connectivity index (χ2v) is 18.6. The lowest BCUT2D eigenvalue weighted by atomic mass is 9.75. The molecular formula is C58H86O. The summed E-state index contributed by atoms with van der Waals surface area (Å²) in [6.45, 7) is 23.8. The minimum atomic E-state index is 0.371. The van der Waals surface area contributed by atoms with Crippen LogP contribution < -0.4 is 0 Å². The van der Waals surface area contributed by atoms with Gasteiger partial charge in [-0.1, -0.05) is 166 Å². The van der Waals surface area contributed by atoms with Crippen LogP contribution in [0.25, 0.3) is 0 Å². The Morgan fingerprint density at radius 1 is 0.932 bits per heavy atom. The van der Waals surface area contributed by atoms with E-state index < -0.39 is 0 Å². The van der Waals surface area contributed by atoms with Gasteiger partial charge in [-0.25, -0.2) is 0 Å². The van der Waals surface area contributed by atoms with E-state index in [9.17, 15) is 0 Å². The van der Waals surface area contributed by atoms with Crippen LogP contribution >= 0.6 is 0 Å². The summed E-state index contributed by atoms with van der Waals surface area (Å²) in [6.07, 6.45) is 58.0. The van der Waals surface area contributed by atoms with Gasteiger partial charge < -0.3 is 4.74 Å². The number of hydrogen-bond donors (Lipinski definition) is 0. The van der Waals surface area contributed by atoms with E-state index in [1.807, 2.05) is 0 Å². The third kappa shape index (κ3) is 16.6. The van der Waals surface area contributed by atoms with Gasteiger partial charge in [0.05, 0.1) is 6.61 Å². The first-order valence-corrected chi connectivity index (χ1v) is 24.4. The molecule has 0 saturated heterocycles. The second kappa shape index (κ2) is 26.8. The van der Waals surface area contributed by atoms with Gasteiger partial charge in [0.25, 0.3) is 0 Å². The molecule has 1 aliphatic heterocycles. The first-order valence-electron chi connectivity index (χ1n) is 24.4. The lowest BCUT2D eigenvalue weighted by molar-refractivity contribution is 0.196. The number of rotatable bonds is 22. The molecule has 3 aliphatic carbocycles. The van der Waals surface area contributed by atoms with Crippen LogP contribution in [0.2, 0.25) is 0 Å². The Morgan fingerprint density at radius 3 is 2.49 bits per heavy atom. The highest BCUT2D eigenvalue weighted by Crippen LogP contribution is 2.50. The van der Waals surface area contributed by atoms with Gasteiger partial charge in [0.2, 0.25) is 0 Å². The number of hydrogen-bond acceptors (Lipinski definition) is 1. The van der Waals surface area contributed by atoms with Crippen LogP contribution in [0.3, 0.4) is 0 Å². The van der Waals surface area contributed by atoms with Crippen molar-refractivity contribution < 1.29 is 4.74 Å². The van der Waals surface area contributed by atoms with Crippen molar-refractivity contribution in [3.05, 3.63) is 143 Å². The minimum absolute atomic E-state index is 0.371. The molecule has 0 aromatic carbocycles. The Hall–Kier alpha value is -3.32. The van der Waals surface area contributed by atoms with Crippen molar-refractivity contribution in [3.63, 3.8) is 0 Å². The van der Waals surface area contributed by atoms with E-state index >= 15 is 0 Å². The predicted molar refractivity (Wildman–Crippen MR) is 261 cm³/mol. The third-order valence-corrected chi connectivity index (χ3v) is 14.0. The van der Waals surface area contributed by atoms with Crippen molar-refractivity contribution in [2.24, 2.45) is 47.3 Å². The topological polar surface area (TPSA) is 9.23 Å². The fraction of sp³-hybridized carbons (Fsp3) is 0.586. The van der Waals surface area contributed by atoms with Crippen LogP contribution in [0.15, 0.2) is 143 Å². The van der Waals surface area contributed by atoms with E-state index in [1.165, 1.54) is 99.5 Å². The predicted octanol–water partition coefficient (Wildman–Crippen LogP) is 17.6. The third-order valence-electron chi connectivity index (χ3n) is 14.0. The molecule has 1 fully saturated rings. The zero-order valence-corrected chi connectivity index (χ0v) is 39.2. The van der Waals surface area contributed by atoms with Gasteiger partial charge in [-0.2, -0.15) is 0 Å². The van der Waals surface area contributed by atoms with Crippen LogP contribution in [0.5, 0.6) is 0 Å². The van der Waals surface area contributed by atoms with Crippen molar-refractivity contribution in [2.45, 2.75) is 165 Å². The highest BCUT2D eigenvalue weighted by atomic mass is 16.5. The van der Waals surface area contributed by atoms with Crippen LogP contribution in [-0.4, -0.2) is 6.61 Å². The van der Waals surface area contributed by atoms with Gasteiger partial charge in [0, 0.05) is 12.3 Å². The van der Waals surface area contributed by atoms with Gasteiger partial charge in [-0.05, 0) is 171 Å². The summed E-state index contributed by atoms with van der Waals surface area (Å²) in [5, 5.41) is 0. The van der Waals surface area contributed by atoms with Crippen LogP contribution in [-0.2, 0) is 4.74 Å². The summed E-state index contributed by atoms with van der Waals surface area (Å²) in [5.41, 5.74) is 9.29. The molecule has 8 atom stereocenters. The summed E-state index contributed by atoms with van der Waals surface area (Å²) < 4.78 is 6.33. The van der Waals surface area contributed by atoms with Crippen molar-refractivity contribution in [2.75, 3.05) is 6.61 Å². The molecule has 0 radical (unpaired) electrons. The molecule has 0 amide bonds. The van der Waals surface area contributed by atoms with Gasteiger partial charge in [0.1, 0.15) is 5.76 Å². The molecule has 4 aliphatic rings. The number of ether oxygens (including phenoxy) is 1. The largest absolute Gasteiger partial charge is 0.497 e. The average molecular weight is 799 g/mol. The van der Waals surface area contributed by atoms with E-state index in [4.69, 9.17) is 4.74 Å². The summed E-state index contributed by atoms with van der Waals surface area (Å²) in [7, 11) is 0. The first kappa shape index (κ1) is 48.3. The fourth-order valence-electron chi connectivity index (χ4n) is 10.2. The SMILES string of the molecule is C=C(C=CC=CCC(C)C=CC)C1CC1CC(CC)C1=CCC(CC(CCC(C=CC)=CCC)C(C)=CCC(CC)C2=CC(C)C3=C(CC=CC=C3)OCCCC2)CC1. The summed E-state index contributed by atoms with van der Waals surface area (Å²) in [5.74, 6) is 6.41. The summed E-state index contributed by atoms with van der Waals surface area (Å²) in [6, 6.07) is 0. The smallest absolute Gasteiger partial charge is 0.103 e. The molecule has 0 spiro atoms. The van der Waals surface area contributed by atoms with Crippen molar-refractivity contribution in [1.29, 1.82) is 0 Å². The molecule has 1 heterocycles. The molecule has 1 heteroatoms. The first-order chi connectivity index (χ1) is 28.7. The quantitative estimate of drug-likeness (QED) is 0.0783. The zero-order valence-electron chi connectivity index (χ0n) is 39.2. The van der Waals surface area contributed by atoms with Crippen molar-refractivity contribution in [1.82, 2.24) is 0 Å². The highest BCUT2D eigenvalue weighted by Gasteiger charge is 2.40. The number of allylic oxidation sites excluding steroid dienone is 22. The Morgan fingerprint density at radius 2 is 1.76 bits per heavy atom. The molecule has 0 bridgehead atoms. The summed E-state index contributed by atoms with van der Waals surface area (Å²) >= 11 is 0. The standard InChI is InChI=1S/C58H86O/c1-10-23-44(6)26-17-15-18-27-46(8)57-43-55(57)42-51(14-5)52-36-33-49(34-37-52)41-53(38-32-48(24-11-2)25-12-3)45(7)31-35-50(13-4)54-28-21-22-39-59-58-30-20-16-19-29-56(58)47(9)40-54/h10-11,15-20,23-25,27,29,31,36,40,44,47,49-51,53,55,57H,8,12-14,21-22,26,28,30,32-35,37-39,41-43H2,1-7,9H3. The molecule has 1 saturated carbocycles. The molecule has 324 valence electrons. The van der Waals surface area contributed by atoms with E-state index in [2.05, 4.69) is 159 Å². The zero-order chi connectivity index (χ0) is 42.4. The lowest BCUT2D eigenvalue weighted by Gasteiger charge is -2.30. The van der Waals surface area contributed by atoms with Crippen LogP contribution in [0.1, 0.15) is 165 Å². The van der Waals surface area contributed by atoms with Gasteiger partial charge >= 0.3 is 0 Å². The molecule has 8 unspecified atom stereocenters. The maximum Gasteiger partial charge on any atom is 0.103 e. The Kier molecular flexibility index (Phi) is 22.0. The normalized spacial score (nSPS) is 25.5. The minimum Gasteiger partial charge on any atom is -0.497 e. The maximum absolute atomic E-state index is 6.33. The second-order valence-electron chi connectivity index (χ2n) is 18.6. The molecule has 0 N–H and O–H groups in total. The van der Waals surface area contributed by atoms with E-state index in [-0.39, 0.29) is 0 Å². The average Bonchev–Trinajstić information content (AvgIpc) is 4.05. The maximum atomic E-state index is 6.33. The molecular weight excluding hydrogens is 713 g/mol. The van der Waals surface area contributed by atoms with E-state index in [0.29, 0.717) is 29.6 Å². The van der Waals surface area contributed by atoms with Gasteiger partial charge in [-0.15, -0.1) is 0 Å². The molecule has 0 aromatic heterocycles. The van der Waals surface area contributed by atoms with E-state index in [1.54, 1.807) is 16.7 Å². The van der Waals surface area contributed by atoms with Crippen LogP contribution in [0.4, 0.5) is 0 Å². The van der Waals surface area contributed by atoms with Gasteiger partial charge in [0.15, 0.2) is 0 Å². The van der Waals surface area contributed by atoms with Crippen LogP contribution in [0, 0.1) is 47.3 Å². The Labute approximate surface area is 364 Å². The summed E-state index contributed by atoms with van der Waals surface area (Å²) in [4.78, 5) is 0. The molecule has 0 aromatic rings.